The molecule has 1 aromatic carbocycles. The van der Waals surface area contributed by atoms with E-state index in [1.165, 1.54) is 4.63 Å². The average Bonchev–Trinajstić information content (AvgIpc) is 3.21. The molecule has 0 saturated heterocycles. The Labute approximate surface area is 131 Å². The van der Waals surface area contributed by atoms with E-state index in [-0.39, 0.29) is 6.04 Å². The molecule has 0 bridgehead atoms. The summed E-state index contributed by atoms with van der Waals surface area (Å²) in [5.74, 6) is 1.57. The lowest BCUT2D eigenvalue weighted by molar-refractivity contribution is 0.715. The van der Waals surface area contributed by atoms with Crippen LogP contribution in [0.3, 0.4) is 0 Å². The number of aromatic nitrogens is 7. The molecule has 4 rings (SSSR count). The molecule has 1 atom stereocenters. The molecule has 0 saturated carbocycles. The maximum Gasteiger partial charge on any atom is 0.200 e. The minimum atomic E-state index is -0.127. The van der Waals surface area contributed by atoms with Gasteiger partial charge in [-0.3, -0.25) is 0 Å². The number of fused-ring (bicyclic) bond motifs is 1. The Morgan fingerprint density at radius 1 is 1.09 bits per heavy atom. The first-order valence-corrected chi connectivity index (χ1v) is 7.15. The first-order valence-electron chi connectivity index (χ1n) is 7.15. The third-order valence-corrected chi connectivity index (χ3v) is 3.61. The van der Waals surface area contributed by atoms with Crippen LogP contribution in [0.1, 0.15) is 17.4 Å². The molecule has 0 amide bonds. The summed E-state index contributed by atoms with van der Waals surface area (Å²) in [4.78, 5) is 4.47. The van der Waals surface area contributed by atoms with Crippen molar-refractivity contribution in [1.29, 1.82) is 0 Å². The highest BCUT2D eigenvalue weighted by atomic mass is 15.6. The number of rotatable bonds is 4. The SMILES string of the molecule is Cn1ccnc1[C@@H](Nc1ccc2nnnn2n1)c1ccccc1. The molecule has 23 heavy (non-hydrogen) atoms. The Balaban J connectivity index is 1.74. The van der Waals surface area contributed by atoms with E-state index < -0.39 is 0 Å². The van der Waals surface area contributed by atoms with Crippen molar-refractivity contribution in [2.75, 3.05) is 5.32 Å². The molecule has 3 heterocycles. The Morgan fingerprint density at radius 3 is 2.74 bits per heavy atom. The van der Waals surface area contributed by atoms with Gasteiger partial charge in [-0.05, 0) is 28.1 Å². The molecule has 4 aromatic rings. The highest BCUT2D eigenvalue weighted by Crippen LogP contribution is 2.24. The van der Waals surface area contributed by atoms with E-state index in [0.717, 1.165) is 11.4 Å². The zero-order valence-corrected chi connectivity index (χ0v) is 12.4. The molecule has 0 aliphatic heterocycles. The molecule has 0 aliphatic carbocycles. The Bertz CT molecular complexity index is 927. The molecule has 1 N–H and O–H groups in total. The lowest BCUT2D eigenvalue weighted by Gasteiger charge is -2.19. The largest absolute Gasteiger partial charge is 0.355 e. The molecule has 8 heteroatoms. The summed E-state index contributed by atoms with van der Waals surface area (Å²) in [5, 5.41) is 19.1. The topological polar surface area (TPSA) is 85.8 Å². The van der Waals surface area contributed by atoms with E-state index in [1.807, 2.05) is 48.1 Å². The summed E-state index contributed by atoms with van der Waals surface area (Å²) < 4.78 is 3.38. The minimum absolute atomic E-state index is 0.127. The molecule has 114 valence electrons. The van der Waals surface area contributed by atoms with Crippen molar-refractivity contribution in [2.45, 2.75) is 6.04 Å². The highest BCUT2D eigenvalue weighted by Gasteiger charge is 2.19. The van der Waals surface area contributed by atoms with Crippen molar-refractivity contribution in [1.82, 2.24) is 34.8 Å². The summed E-state index contributed by atoms with van der Waals surface area (Å²) in [6.45, 7) is 0. The van der Waals surface area contributed by atoms with Crippen LogP contribution >= 0.6 is 0 Å². The number of nitrogens with one attached hydrogen (secondary N) is 1. The zero-order chi connectivity index (χ0) is 15.6. The van der Waals surface area contributed by atoms with Gasteiger partial charge in [0.25, 0.3) is 0 Å². The summed E-state index contributed by atoms with van der Waals surface area (Å²) in [6, 6.07) is 13.7. The molecular weight excluding hydrogens is 292 g/mol. The maximum atomic E-state index is 4.47. The second kappa shape index (κ2) is 5.48. The Hall–Kier alpha value is -3.29. The molecule has 0 fully saturated rings. The van der Waals surface area contributed by atoms with Gasteiger partial charge >= 0.3 is 0 Å². The number of anilines is 1. The van der Waals surface area contributed by atoms with E-state index in [4.69, 9.17) is 0 Å². The standard InChI is InChI=1S/C15H14N8/c1-22-10-9-16-15(22)14(11-5-3-2-4-6-11)17-12-7-8-13-18-20-21-23(13)19-12/h2-10,14H,1H3,(H,17,19)/t14-/m0/s1. The summed E-state index contributed by atoms with van der Waals surface area (Å²) >= 11 is 0. The van der Waals surface area contributed by atoms with Gasteiger partial charge < -0.3 is 9.88 Å². The average molecular weight is 306 g/mol. The number of hydrogen-bond donors (Lipinski definition) is 1. The van der Waals surface area contributed by atoms with Gasteiger partial charge in [-0.15, -0.1) is 14.8 Å². The predicted molar refractivity (Wildman–Crippen MR) is 83.7 cm³/mol. The normalized spacial score (nSPS) is 12.4. The molecule has 0 spiro atoms. The third kappa shape index (κ3) is 2.50. The predicted octanol–water partition coefficient (Wildman–Crippen LogP) is 1.45. The highest BCUT2D eigenvalue weighted by molar-refractivity contribution is 5.45. The molecule has 0 unspecified atom stereocenters. The van der Waals surface area contributed by atoms with Gasteiger partial charge in [-0.2, -0.15) is 0 Å². The van der Waals surface area contributed by atoms with Gasteiger partial charge in [-0.25, -0.2) is 4.98 Å². The van der Waals surface area contributed by atoms with Crippen LogP contribution in [0.25, 0.3) is 5.65 Å². The quantitative estimate of drug-likeness (QED) is 0.614. The first-order chi connectivity index (χ1) is 11.3. The molecule has 8 nitrogen and oxygen atoms in total. The zero-order valence-electron chi connectivity index (χ0n) is 12.4. The van der Waals surface area contributed by atoms with Gasteiger partial charge in [0.15, 0.2) is 5.65 Å². The molecule has 3 aromatic heterocycles. The van der Waals surface area contributed by atoms with Gasteiger partial charge in [0.2, 0.25) is 0 Å². The van der Waals surface area contributed by atoms with E-state index in [1.54, 1.807) is 6.20 Å². The second-order valence-corrected chi connectivity index (χ2v) is 5.13. The molecular formula is C15H14N8. The van der Waals surface area contributed by atoms with Crippen LogP contribution in [0.2, 0.25) is 0 Å². The van der Waals surface area contributed by atoms with E-state index in [9.17, 15) is 0 Å². The number of benzene rings is 1. The van der Waals surface area contributed by atoms with Crippen molar-refractivity contribution >= 4 is 11.5 Å². The van der Waals surface area contributed by atoms with E-state index in [0.29, 0.717) is 11.5 Å². The third-order valence-electron chi connectivity index (χ3n) is 3.61. The summed E-state index contributed by atoms with van der Waals surface area (Å²) in [5.41, 5.74) is 1.70. The fraction of sp³-hybridized carbons (Fsp3) is 0.133. The Kier molecular flexibility index (Phi) is 3.19. The smallest absolute Gasteiger partial charge is 0.200 e. The number of tetrazole rings is 1. The van der Waals surface area contributed by atoms with E-state index in [2.05, 4.69) is 43.1 Å². The van der Waals surface area contributed by atoms with Crippen LogP contribution in [0, 0.1) is 0 Å². The first kappa shape index (κ1) is 13.4. The molecule has 0 aliphatic rings. The number of aryl methyl sites for hydroxylation is 1. The van der Waals surface area contributed by atoms with Crippen LogP contribution in [0.5, 0.6) is 0 Å². The van der Waals surface area contributed by atoms with Crippen LogP contribution < -0.4 is 5.32 Å². The van der Waals surface area contributed by atoms with Crippen LogP contribution in [0.4, 0.5) is 5.82 Å². The fourth-order valence-corrected chi connectivity index (χ4v) is 2.47. The van der Waals surface area contributed by atoms with Crippen LogP contribution in [-0.4, -0.2) is 34.8 Å². The van der Waals surface area contributed by atoms with Crippen LogP contribution in [-0.2, 0) is 7.05 Å². The van der Waals surface area contributed by atoms with Gasteiger partial charge in [-0.1, -0.05) is 30.3 Å². The second-order valence-electron chi connectivity index (χ2n) is 5.13. The minimum Gasteiger partial charge on any atom is -0.355 e. The number of hydrogen-bond acceptors (Lipinski definition) is 6. The molecule has 0 radical (unpaired) electrons. The Morgan fingerprint density at radius 2 is 1.96 bits per heavy atom. The van der Waals surface area contributed by atoms with Crippen molar-refractivity contribution in [3.05, 3.63) is 66.2 Å². The summed E-state index contributed by atoms with van der Waals surface area (Å²) in [6.07, 6.45) is 3.70. The van der Waals surface area contributed by atoms with E-state index >= 15 is 0 Å². The monoisotopic (exact) mass is 306 g/mol. The van der Waals surface area contributed by atoms with Crippen LogP contribution in [0.15, 0.2) is 54.9 Å². The lowest BCUT2D eigenvalue weighted by Crippen LogP contribution is -2.18. The maximum absolute atomic E-state index is 4.47. The summed E-state index contributed by atoms with van der Waals surface area (Å²) in [7, 11) is 1.97. The van der Waals surface area contributed by atoms with Crippen molar-refractivity contribution in [3.8, 4) is 0 Å². The van der Waals surface area contributed by atoms with Gasteiger partial charge in [0.1, 0.15) is 17.7 Å². The number of imidazole rings is 1. The number of nitrogens with zero attached hydrogens (tertiary/aromatic N) is 7. The lowest BCUT2D eigenvalue weighted by atomic mass is 10.1. The van der Waals surface area contributed by atoms with Gasteiger partial charge in [0, 0.05) is 19.4 Å². The van der Waals surface area contributed by atoms with Crippen molar-refractivity contribution in [3.63, 3.8) is 0 Å². The van der Waals surface area contributed by atoms with Crippen molar-refractivity contribution in [2.24, 2.45) is 7.05 Å². The van der Waals surface area contributed by atoms with Crippen molar-refractivity contribution < 1.29 is 0 Å². The fourth-order valence-electron chi connectivity index (χ4n) is 2.47. The van der Waals surface area contributed by atoms with Gasteiger partial charge in [0.05, 0.1) is 0 Å².